The van der Waals surface area contributed by atoms with Gasteiger partial charge in [-0.1, -0.05) is 18.2 Å². The molecule has 1 aliphatic rings. The van der Waals surface area contributed by atoms with Crippen molar-refractivity contribution in [3.63, 3.8) is 0 Å². The molecule has 98 valence electrons. The van der Waals surface area contributed by atoms with E-state index in [0.717, 1.165) is 11.3 Å². The minimum absolute atomic E-state index is 0.0440. The van der Waals surface area contributed by atoms with Gasteiger partial charge in [0.15, 0.2) is 0 Å². The lowest BCUT2D eigenvalue weighted by Crippen LogP contribution is -2.38. The fourth-order valence-corrected chi connectivity index (χ4v) is 3.15. The van der Waals surface area contributed by atoms with Crippen LogP contribution in [0.4, 0.5) is 5.69 Å². The van der Waals surface area contributed by atoms with Gasteiger partial charge in [-0.15, -0.1) is 0 Å². The van der Waals surface area contributed by atoms with Crippen LogP contribution in [-0.4, -0.2) is 30.0 Å². The fourth-order valence-electron chi connectivity index (χ4n) is 2.05. The Kier molecular flexibility index (Phi) is 5.08. The van der Waals surface area contributed by atoms with Crippen molar-refractivity contribution in [2.75, 3.05) is 23.4 Å². The van der Waals surface area contributed by atoms with E-state index in [9.17, 15) is 4.79 Å². The topological polar surface area (TPSA) is 41.1 Å². The van der Waals surface area contributed by atoms with Crippen molar-refractivity contribution in [3.8, 4) is 0 Å². The second kappa shape index (κ2) is 6.81. The molecule has 4 heteroatoms. The van der Waals surface area contributed by atoms with Gasteiger partial charge < -0.3 is 10.6 Å². The smallest absolute Gasteiger partial charge is 0.238 e. The third-order valence-electron chi connectivity index (χ3n) is 3.19. The summed E-state index contributed by atoms with van der Waals surface area (Å²) in [5, 5.41) is 6.28. The quantitative estimate of drug-likeness (QED) is 0.877. The number of aryl methyl sites for hydroxylation is 1. The highest BCUT2D eigenvalue weighted by Gasteiger charge is 2.14. The van der Waals surface area contributed by atoms with Crippen LogP contribution in [0.3, 0.4) is 0 Å². The summed E-state index contributed by atoms with van der Waals surface area (Å²) in [6, 6.07) is 8.36. The van der Waals surface area contributed by atoms with Crippen LogP contribution in [0.1, 0.15) is 18.4 Å². The number of carbonyl (C=O) groups excluding carboxylic acids is 1. The summed E-state index contributed by atoms with van der Waals surface area (Å²) in [5.74, 6) is 2.45. The third kappa shape index (κ3) is 4.03. The van der Waals surface area contributed by atoms with Gasteiger partial charge in [-0.25, -0.2) is 0 Å². The second-order valence-corrected chi connectivity index (χ2v) is 5.86. The molecule has 0 aliphatic carbocycles. The van der Waals surface area contributed by atoms with Gasteiger partial charge >= 0.3 is 0 Å². The first kappa shape index (κ1) is 13.4. The minimum atomic E-state index is 0.0440. The molecule has 1 amide bonds. The van der Waals surface area contributed by atoms with E-state index >= 15 is 0 Å². The van der Waals surface area contributed by atoms with Crippen LogP contribution in [0.2, 0.25) is 0 Å². The van der Waals surface area contributed by atoms with Gasteiger partial charge in [-0.2, -0.15) is 11.8 Å². The van der Waals surface area contributed by atoms with E-state index in [1.807, 2.05) is 43.0 Å². The lowest BCUT2D eigenvalue weighted by atomic mass is 10.1. The first-order valence-electron chi connectivity index (χ1n) is 6.42. The predicted molar refractivity (Wildman–Crippen MR) is 78.2 cm³/mol. The Hall–Kier alpha value is -1.000. The highest BCUT2D eigenvalue weighted by Crippen LogP contribution is 2.17. The van der Waals surface area contributed by atoms with Crippen LogP contribution in [0.5, 0.6) is 0 Å². The zero-order chi connectivity index (χ0) is 12.8. The van der Waals surface area contributed by atoms with Crippen molar-refractivity contribution in [2.24, 2.45) is 0 Å². The number of hydrogen-bond acceptors (Lipinski definition) is 3. The Bertz CT molecular complexity index is 403. The Labute approximate surface area is 113 Å². The van der Waals surface area contributed by atoms with E-state index in [2.05, 4.69) is 10.6 Å². The van der Waals surface area contributed by atoms with E-state index in [-0.39, 0.29) is 5.91 Å². The first-order chi connectivity index (χ1) is 8.75. The molecule has 1 aliphatic heterocycles. The largest absolute Gasteiger partial charge is 0.325 e. The molecule has 18 heavy (non-hydrogen) atoms. The van der Waals surface area contributed by atoms with Crippen molar-refractivity contribution in [1.29, 1.82) is 0 Å². The SMILES string of the molecule is Cc1ccccc1NC(=O)CNC1CCSCC1. The number of para-hydroxylation sites is 1. The molecule has 1 saturated heterocycles. The Morgan fingerprint density at radius 3 is 2.78 bits per heavy atom. The zero-order valence-corrected chi connectivity index (χ0v) is 11.6. The zero-order valence-electron chi connectivity index (χ0n) is 10.7. The van der Waals surface area contributed by atoms with Gasteiger partial charge in [0.25, 0.3) is 0 Å². The molecule has 2 N–H and O–H groups in total. The molecule has 2 rings (SSSR count). The minimum Gasteiger partial charge on any atom is -0.325 e. The third-order valence-corrected chi connectivity index (χ3v) is 4.24. The summed E-state index contributed by atoms with van der Waals surface area (Å²) >= 11 is 2.00. The number of nitrogens with one attached hydrogen (secondary N) is 2. The number of amides is 1. The van der Waals surface area contributed by atoms with Gasteiger partial charge in [0.05, 0.1) is 6.54 Å². The lowest BCUT2D eigenvalue weighted by molar-refractivity contribution is -0.115. The maximum Gasteiger partial charge on any atom is 0.238 e. The average molecular weight is 264 g/mol. The van der Waals surface area contributed by atoms with E-state index in [1.54, 1.807) is 0 Å². The van der Waals surface area contributed by atoms with Crippen molar-refractivity contribution in [2.45, 2.75) is 25.8 Å². The maximum absolute atomic E-state index is 11.8. The summed E-state index contributed by atoms with van der Waals surface area (Å²) in [7, 11) is 0. The van der Waals surface area contributed by atoms with Gasteiger partial charge in [-0.05, 0) is 42.9 Å². The molecule has 0 saturated carbocycles. The highest BCUT2D eigenvalue weighted by molar-refractivity contribution is 7.99. The molecule has 1 fully saturated rings. The summed E-state index contributed by atoms with van der Waals surface area (Å²) < 4.78 is 0. The summed E-state index contributed by atoms with van der Waals surface area (Å²) in [5.41, 5.74) is 2.00. The van der Waals surface area contributed by atoms with Crippen LogP contribution >= 0.6 is 11.8 Å². The standard InChI is InChI=1S/C14H20N2OS/c1-11-4-2-3-5-13(11)16-14(17)10-15-12-6-8-18-9-7-12/h2-5,12,15H,6-10H2,1H3,(H,16,17). The molecule has 0 unspecified atom stereocenters. The molecule has 1 aromatic rings. The molecule has 1 heterocycles. The van der Waals surface area contributed by atoms with Crippen molar-refractivity contribution >= 4 is 23.4 Å². The molecule has 0 bridgehead atoms. The summed E-state index contributed by atoms with van der Waals surface area (Å²) in [6.07, 6.45) is 2.34. The number of anilines is 1. The van der Waals surface area contributed by atoms with Crippen LogP contribution in [0.25, 0.3) is 0 Å². The fraction of sp³-hybridized carbons (Fsp3) is 0.500. The Morgan fingerprint density at radius 1 is 1.33 bits per heavy atom. The van der Waals surface area contributed by atoms with Gasteiger partial charge in [-0.3, -0.25) is 4.79 Å². The molecular weight excluding hydrogens is 244 g/mol. The molecular formula is C14H20N2OS. The van der Waals surface area contributed by atoms with Gasteiger partial charge in [0.1, 0.15) is 0 Å². The number of carbonyl (C=O) groups is 1. The van der Waals surface area contributed by atoms with E-state index in [1.165, 1.54) is 24.3 Å². The summed E-state index contributed by atoms with van der Waals surface area (Å²) in [6.45, 7) is 2.41. The number of rotatable bonds is 4. The molecule has 0 spiro atoms. The van der Waals surface area contributed by atoms with Crippen LogP contribution in [-0.2, 0) is 4.79 Å². The van der Waals surface area contributed by atoms with E-state index < -0.39 is 0 Å². The van der Waals surface area contributed by atoms with Crippen molar-refractivity contribution in [3.05, 3.63) is 29.8 Å². The van der Waals surface area contributed by atoms with E-state index in [0.29, 0.717) is 12.6 Å². The van der Waals surface area contributed by atoms with E-state index in [4.69, 9.17) is 0 Å². The maximum atomic E-state index is 11.8. The summed E-state index contributed by atoms with van der Waals surface area (Å²) in [4.78, 5) is 11.8. The van der Waals surface area contributed by atoms with Crippen molar-refractivity contribution < 1.29 is 4.79 Å². The van der Waals surface area contributed by atoms with Crippen LogP contribution in [0.15, 0.2) is 24.3 Å². The molecule has 1 aromatic carbocycles. The normalized spacial score (nSPS) is 16.5. The second-order valence-electron chi connectivity index (χ2n) is 4.63. The molecule has 0 radical (unpaired) electrons. The molecule has 0 aromatic heterocycles. The molecule has 0 atom stereocenters. The van der Waals surface area contributed by atoms with Gasteiger partial charge in [0.2, 0.25) is 5.91 Å². The average Bonchev–Trinajstić information content (AvgIpc) is 2.40. The number of benzene rings is 1. The van der Waals surface area contributed by atoms with Gasteiger partial charge in [0, 0.05) is 11.7 Å². The first-order valence-corrected chi connectivity index (χ1v) is 7.58. The Balaban J connectivity index is 1.76. The lowest BCUT2D eigenvalue weighted by Gasteiger charge is -2.22. The highest BCUT2D eigenvalue weighted by atomic mass is 32.2. The Morgan fingerprint density at radius 2 is 2.06 bits per heavy atom. The van der Waals surface area contributed by atoms with Crippen molar-refractivity contribution in [1.82, 2.24) is 5.32 Å². The number of hydrogen-bond donors (Lipinski definition) is 2. The number of thioether (sulfide) groups is 1. The van der Waals surface area contributed by atoms with Crippen LogP contribution < -0.4 is 10.6 Å². The monoisotopic (exact) mass is 264 g/mol. The molecule has 3 nitrogen and oxygen atoms in total. The predicted octanol–water partition coefficient (Wildman–Crippen LogP) is 2.42. The van der Waals surface area contributed by atoms with Crippen LogP contribution in [0, 0.1) is 6.92 Å².